The van der Waals surface area contributed by atoms with E-state index >= 15 is 0 Å². The highest BCUT2D eigenvalue weighted by molar-refractivity contribution is 7.80. The third-order valence-corrected chi connectivity index (χ3v) is 5.48. The van der Waals surface area contributed by atoms with Gasteiger partial charge in [-0.15, -0.1) is 0 Å². The van der Waals surface area contributed by atoms with E-state index < -0.39 is 5.91 Å². The standard InChI is InChI=1S/C24H16ClN3O3S/c1-13-16(23-26-18-12-15(25)9-10-20(18)31-23)6-4-7-17(13)27-24(32)28-22(29)21-11-14-5-2-3-8-19(14)30-21/h2-12H,1H3,(H2,27,28,29,32). The summed E-state index contributed by atoms with van der Waals surface area (Å²) in [4.78, 5) is 17.1. The maximum atomic E-state index is 12.5. The van der Waals surface area contributed by atoms with E-state index in [1.54, 1.807) is 30.3 Å². The number of amides is 1. The number of anilines is 1. The van der Waals surface area contributed by atoms with Crippen LogP contribution in [0.25, 0.3) is 33.5 Å². The van der Waals surface area contributed by atoms with Crippen LogP contribution in [0.15, 0.2) is 75.6 Å². The van der Waals surface area contributed by atoms with Gasteiger partial charge in [-0.05, 0) is 67.2 Å². The van der Waals surface area contributed by atoms with Gasteiger partial charge >= 0.3 is 0 Å². The molecule has 0 bridgehead atoms. The fourth-order valence-electron chi connectivity index (χ4n) is 3.43. The highest BCUT2D eigenvalue weighted by Gasteiger charge is 2.16. The van der Waals surface area contributed by atoms with Gasteiger partial charge < -0.3 is 14.2 Å². The molecule has 2 aromatic heterocycles. The van der Waals surface area contributed by atoms with Gasteiger partial charge in [0.1, 0.15) is 11.1 Å². The van der Waals surface area contributed by atoms with Crippen molar-refractivity contribution in [3.05, 3.63) is 83.1 Å². The van der Waals surface area contributed by atoms with Gasteiger partial charge in [-0.1, -0.05) is 35.9 Å². The summed E-state index contributed by atoms with van der Waals surface area (Å²) in [6.45, 7) is 1.92. The Labute approximate surface area is 193 Å². The first kappa shape index (κ1) is 20.2. The first-order chi connectivity index (χ1) is 15.5. The molecule has 0 atom stereocenters. The van der Waals surface area contributed by atoms with E-state index in [-0.39, 0.29) is 10.9 Å². The molecule has 8 heteroatoms. The molecular weight excluding hydrogens is 446 g/mol. The zero-order valence-corrected chi connectivity index (χ0v) is 18.4. The zero-order valence-electron chi connectivity index (χ0n) is 16.8. The van der Waals surface area contributed by atoms with Crippen molar-refractivity contribution in [2.45, 2.75) is 6.92 Å². The molecule has 3 aromatic carbocycles. The lowest BCUT2D eigenvalue weighted by Crippen LogP contribution is -2.34. The van der Waals surface area contributed by atoms with Gasteiger partial charge in [0, 0.05) is 21.7 Å². The Balaban J connectivity index is 1.35. The average Bonchev–Trinajstić information content (AvgIpc) is 3.39. The SMILES string of the molecule is Cc1c(NC(=S)NC(=O)c2cc3ccccc3o2)cccc1-c1nc2cc(Cl)ccc2o1. The fraction of sp³-hybridized carbons (Fsp3) is 0.0417. The van der Waals surface area contributed by atoms with Gasteiger partial charge in [0.05, 0.1) is 0 Å². The smallest absolute Gasteiger partial charge is 0.293 e. The molecule has 0 radical (unpaired) electrons. The predicted octanol–water partition coefficient (Wildman–Crippen LogP) is 6.33. The first-order valence-electron chi connectivity index (χ1n) is 9.75. The third kappa shape index (κ3) is 3.84. The lowest BCUT2D eigenvalue weighted by atomic mass is 10.1. The number of carbonyl (C=O) groups excluding carboxylic acids is 1. The fourth-order valence-corrected chi connectivity index (χ4v) is 3.80. The summed E-state index contributed by atoms with van der Waals surface area (Å²) in [6, 6.07) is 20.0. The van der Waals surface area contributed by atoms with Gasteiger partial charge in [0.15, 0.2) is 16.5 Å². The van der Waals surface area contributed by atoms with E-state index in [0.29, 0.717) is 27.6 Å². The predicted molar refractivity (Wildman–Crippen MR) is 129 cm³/mol. The minimum atomic E-state index is -0.427. The van der Waals surface area contributed by atoms with Crippen LogP contribution in [0.3, 0.4) is 0 Å². The quantitative estimate of drug-likeness (QED) is 0.305. The zero-order chi connectivity index (χ0) is 22.2. The number of hydrogen-bond acceptors (Lipinski definition) is 5. The van der Waals surface area contributed by atoms with Crippen LogP contribution in [0.5, 0.6) is 0 Å². The van der Waals surface area contributed by atoms with Crippen LogP contribution >= 0.6 is 23.8 Å². The normalized spacial score (nSPS) is 11.1. The minimum Gasteiger partial charge on any atom is -0.451 e. The molecule has 0 unspecified atom stereocenters. The van der Waals surface area contributed by atoms with Crippen molar-refractivity contribution < 1.29 is 13.6 Å². The number of nitrogens with zero attached hydrogens (tertiary/aromatic N) is 1. The molecule has 158 valence electrons. The largest absolute Gasteiger partial charge is 0.451 e. The number of nitrogens with one attached hydrogen (secondary N) is 2. The minimum absolute atomic E-state index is 0.153. The number of thiocarbonyl (C=S) groups is 1. The number of furan rings is 1. The maximum absolute atomic E-state index is 12.5. The van der Waals surface area contributed by atoms with E-state index in [0.717, 1.165) is 22.2 Å². The number of para-hydroxylation sites is 1. The number of oxazole rings is 1. The monoisotopic (exact) mass is 461 g/mol. The van der Waals surface area contributed by atoms with Gasteiger partial charge in [0.25, 0.3) is 5.91 Å². The van der Waals surface area contributed by atoms with Crippen molar-refractivity contribution in [3.63, 3.8) is 0 Å². The van der Waals surface area contributed by atoms with Crippen molar-refractivity contribution in [2.24, 2.45) is 0 Å². The molecule has 2 N–H and O–H groups in total. The summed E-state index contributed by atoms with van der Waals surface area (Å²) in [5, 5.41) is 7.31. The number of hydrogen-bond donors (Lipinski definition) is 2. The molecule has 0 fully saturated rings. The summed E-state index contributed by atoms with van der Waals surface area (Å²) in [5.74, 6) is 0.231. The number of carbonyl (C=O) groups is 1. The summed E-state index contributed by atoms with van der Waals surface area (Å²) in [5.41, 5.74) is 4.35. The molecule has 32 heavy (non-hydrogen) atoms. The van der Waals surface area contributed by atoms with E-state index in [9.17, 15) is 4.79 Å². The molecule has 0 spiro atoms. The van der Waals surface area contributed by atoms with Crippen molar-refractivity contribution in [2.75, 3.05) is 5.32 Å². The highest BCUT2D eigenvalue weighted by Crippen LogP contribution is 2.31. The van der Waals surface area contributed by atoms with Crippen LogP contribution in [0.4, 0.5) is 5.69 Å². The molecule has 0 aliphatic heterocycles. The molecule has 5 rings (SSSR count). The molecule has 0 aliphatic carbocycles. The lowest BCUT2D eigenvalue weighted by Gasteiger charge is -2.13. The number of fused-ring (bicyclic) bond motifs is 2. The molecule has 1 amide bonds. The lowest BCUT2D eigenvalue weighted by molar-refractivity contribution is 0.0953. The van der Waals surface area contributed by atoms with Gasteiger partial charge in [0.2, 0.25) is 5.89 Å². The Morgan fingerprint density at radius 3 is 2.69 bits per heavy atom. The van der Waals surface area contributed by atoms with Gasteiger partial charge in [-0.3, -0.25) is 10.1 Å². The number of aromatic nitrogens is 1. The van der Waals surface area contributed by atoms with Crippen LogP contribution in [0.1, 0.15) is 16.1 Å². The van der Waals surface area contributed by atoms with Crippen LogP contribution in [0.2, 0.25) is 5.02 Å². The first-order valence-corrected chi connectivity index (χ1v) is 10.5. The number of benzene rings is 3. The number of rotatable bonds is 3. The average molecular weight is 462 g/mol. The van der Waals surface area contributed by atoms with Crippen LogP contribution in [0, 0.1) is 6.92 Å². The van der Waals surface area contributed by atoms with E-state index in [4.69, 9.17) is 32.7 Å². The second kappa shape index (κ2) is 8.11. The van der Waals surface area contributed by atoms with Crippen molar-refractivity contribution >= 4 is 62.6 Å². The second-order valence-electron chi connectivity index (χ2n) is 7.17. The van der Waals surface area contributed by atoms with E-state index in [1.165, 1.54) is 0 Å². The van der Waals surface area contributed by atoms with Crippen LogP contribution < -0.4 is 10.6 Å². The molecular formula is C24H16ClN3O3S. The Kier molecular flexibility index (Phi) is 5.13. The van der Waals surface area contributed by atoms with E-state index in [1.807, 2.05) is 43.3 Å². The molecule has 2 heterocycles. The number of halogens is 1. The van der Waals surface area contributed by atoms with E-state index in [2.05, 4.69) is 15.6 Å². The summed E-state index contributed by atoms with van der Waals surface area (Å²) < 4.78 is 11.5. The van der Waals surface area contributed by atoms with Crippen LogP contribution in [-0.4, -0.2) is 16.0 Å². The summed E-state index contributed by atoms with van der Waals surface area (Å²) in [6.07, 6.45) is 0. The molecule has 0 aliphatic rings. The summed E-state index contributed by atoms with van der Waals surface area (Å²) >= 11 is 11.4. The van der Waals surface area contributed by atoms with Crippen molar-refractivity contribution in [3.8, 4) is 11.5 Å². The van der Waals surface area contributed by atoms with Gasteiger partial charge in [-0.2, -0.15) is 0 Å². The van der Waals surface area contributed by atoms with Crippen LogP contribution in [-0.2, 0) is 0 Å². The Morgan fingerprint density at radius 2 is 1.84 bits per heavy atom. The Morgan fingerprint density at radius 1 is 1.00 bits per heavy atom. The highest BCUT2D eigenvalue weighted by atomic mass is 35.5. The summed E-state index contributed by atoms with van der Waals surface area (Å²) in [7, 11) is 0. The molecule has 5 aromatic rings. The molecule has 6 nitrogen and oxygen atoms in total. The Bertz CT molecular complexity index is 1470. The van der Waals surface area contributed by atoms with Crippen molar-refractivity contribution in [1.82, 2.24) is 10.3 Å². The third-order valence-electron chi connectivity index (χ3n) is 5.04. The maximum Gasteiger partial charge on any atom is 0.293 e. The molecule has 0 saturated heterocycles. The van der Waals surface area contributed by atoms with Crippen molar-refractivity contribution in [1.29, 1.82) is 0 Å². The second-order valence-corrected chi connectivity index (χ2v) is 8.01. The Hall–Kier alpha value is -3.68. The van der Waals surface area contributed by atoms with Gasteiger partial charge in [-0.25, -0.2) is 4.98 Å². The topological polar surface area (TPSA) is 80.3 Å². The molecule has 0 saturated carbocycles.